The van der Waals surface area contributed by atoms with Crippen LogP contribution in [-0.4, -0.2) is 22.1 Å². The minimum atomic E-state index is -0.623. The Morgan fingerprint density at radius 3 is 2.75 bits per heavy atom. The fraction of sp³-hybridized carbons (Fsp3) is 0.167. The number of aromatic nitrogens is 2. The molecule has 106 valence electrons. The Morgan fingerprint density at radius 1 is 1.35 bits per heavy atom. The molecule has 2 rings (SSSR count). The quantitative estimate of drug-likeness (QED) is 0.664. The molecule has 1 aromatic carbocycles. The van der Waals surface area contributed by atoms with Crippen LogP contribution < -0.4 is 10.1 Å². The van der Waals surface area contributed by atoms with E-state index in [0.29, 0.717) is 10.8 Å². The van der Waals surface area contributed by atoms with Crippen molar-refractivity contribution in [2.75, 3.05) is 0 Å². The Morgan fingerprint density at radius 2 is 2.10 bits per heavy atom. The molecule has 1 amide bonds. The summed E-state index contributed by atoms with van der Waals surface area (Å²) >= 11 is 17.7. The van der Waals surface area contributed by atoms with E-state index in [-0.39, 0.29) is 15.9 Å². The van der Waals surface area contributed by atoms with Crippen LogP contribution >= 0.6 is 34.8 Å². The van der Waals surface area contributed by atoms with Gasteiger partial charge in [-0.05, 0) is 19.1 Å². The van der Waals surface area contributed by atoms with E-state index in [2.05, 4.69) is 15.3 Å². The van der Waals surface area contributed by atoms with Gasteiger partial charge in [-0.15, -0.1) is 0 Å². The van der Waals surface area contributed by atoms with Crippen LogP contribution in [-0.2, 0) is 0 Å². The van der Waals surface area contributed by atoms with Crippen LogP contribution in [0.15, 0.2) is 24.5 Å². The smallest absolute Gasteiger partial charge is 0.289 e. The number of ether oxygens (including phenoxy) is 1. The first-order chi connectivity index (χ1) is 9.49. The van der Waals surface area contributed by atoms with E-state index in [9.17, 15) is 4.79 Å². The van der Waals surface area contributed by atoms with Gasteiger partial charge in [-0.25, -0.2) is 4.98 Å². The van der Waals surface area contributed by atoms with Crippen LogP contribution in [0.5, 0.6) is 5.75 Å². The van der Waals surface area contributed by atoms with Crippen molar-refractivity contribution < 1.29 is 9.53 Å². The van der Waals surface area contributed by atoms with Gasteiger partial charge in [0.25, 0.3) is 5.91 Å². The number of H-pyrrole nitrogens is 1. The van der Waals surface area contributed by atoms with E-state index in [1.165, 1.54) is 6.20 Å². The zero-order valence-electron chi connectivity index (χ0n) is 10.3. The molecular formula is C12H10Cl3N3O2. The first kappa shape index (κ1) is 15.0. The minimum Gasteiger partial charge on any atom is -0.469 e. The lowest BCUT2D eigenvalue weighted by molar-refractivity contribution is 0.0842. The highest BCUT2D eigenvalue weighted by Crippen LogP contribution is 2.37. The third-order valence-electron chi connectivity index (χ3n) is 2.35. The average Bonchev–Trinajstić information content (AvgIpc) is 2.93. The highest BCUT2D eigenvalue weighted by Gasteiger charge is 2.15. The molecule has 0 saturated heterocycles. The molecule has 1 unspecified atom stereocenters. The Kier molecular flexibility index (Phi) is 4.75. The van der Waals surface area contributed by atoms with Gasteiger partial charge in [-0.3, -0.25) is 4.79 Å². The summed E-state index contributed by atoms with van der Waals surface area (Å²) in [7, 11) is 0. The lowest BCUT2D eigenvalue weighted by atomic mass is 10.3. The molecule has 0 radical (unpaired) electrons. The van der Waals surface area contributed by atoms with Crippen molar-refractivity contribution in [2.24, 2.45) is 0 Å². The van der Waals surface area contributed by atoms with Crippen LogP contribution in [0, 0.1) is 0 Å². The monoisotopic (exact) mass is 333 g/mol. The first-order valence-corrected chi connectivity index (χ1v) is 6.73. The predicted molar refractivity (Wildman–Crippen MR) is 77.6 cm³/mol. The lowest BCUT2D eigenvalue weighted by Crippen LogP contribution is -2.37. The summed E-state index contributed by atoms with van der Waals surface area (Å²) in [4.78, 5) is 18.3. The number of aromatic amines is 1. The molecule has 0 bridgehead atoms. The molecule has 1 aromatic heterocycles. The van der Waals surface area contributed by atoms with Crippen LogP contribution in [0.1, 0.15) is 17.5 Å². The Balaban J connectivity index is 2.03. The van der Waals surface area contributed by atoms with E-state index in [1.54, 1.807) is 25.3 Å². The van der Waals surface area contributed by atoms with Crippen LogP contribution in [0.25, 0.3) is 0 Å². The molecule has 0 aliphatic heterocycles. The fourth-order valence-corrected chi connectivity index (χ4v) is 2.03. The fourth-order valence-electron chi connectivity index (χ4n) is 1.46. The second-order valence-corrected chi connectivity index (χ2v) is 5.01. The van der Waals surface area contributed by atoms with Crippen LogP contribution in [0.3, 0.4) is 0 Å². The molecule has 0 fully saturated rings. The van der Waals surface area contributed by atoms with Crippen molar-refractivity contribution >= 4 is 40.7 Å². The Hall–Kier alpha value is -1.43. The summed E-state index contributed by atoms with van der Waals surface area (Å²) in [5.41, 5.74) is 0. The maximum Gasteiger partial charge on any atom is 0.289 e. The first-order valence-electron chi connectivity index (χ1n) is 5.59. The van der Waals surface area contributed by atoms with Gasteiger partial charge in [0, 0.05) is 12.4 Å². The van der Waals surface area contributed by atoms with Crippen molar-refractivity contribution in [3.05, 3.63) is 45.4 Å². The summed E-state index contributed by atoms with van der Waals surface area (Å²) in [5, 5.41) is 3.33. The third kappa shape index (κ3) is 3.36. The topological polar surface area (TPSA) is 67.0 Å². The Labute approximate surface area is 130 Å². The number of imidazole rings is 1. The number of nitrogens with one attached hydrogen (secondary N) is 2. The molecule has 5 nitrogen and oxygen atoms in total. The number of rotatable bonds is 4. The molecule has 2 N–H and O–H groups in total. The third-order valence-corrected chi connectivity index (χ3v) is 3.63. The van der Waals surface area contributed by atoms with Crippen molar-refractivity contribution in [3.8, 4) is 5.75 Å². The molecule has 1 atom stereocenters. The van der Waals surface area contributed by atoms with Crippen molar-refractivity contribution in [3.63, 3.8) is 0 Å². The molecule has 0 saturated carbocycles. The highest BCUT2D eigenvalue weighted by atomic mass is 35.5. The molecule has 1 heterocycles. The maximum absolute atomic E-state index is 11.7. The second-order valence-electron chi connectivity index (χ2n) is 3.84. The predicted octanol–water partition coefficient (Wildman–Crippen LogP) is 3.52. The molecule has 8 heteroatoms. The zero-order valence-corrected chi connectivity index (χ0v) is 12.6. The standard InChI is InChI=1S/C12H10Cl3N3O2/c1-6(18-12(19)11-16-4-5-17-11)20-8-3-2-7(13)9(14)10(8)15/h2-6H,1H3,(H,16,17)(H,18,19). The summed E-state index contributed by atoms with van der Waals surface area (Å²) in [6.07, 6.45) is 2.41. The molecule has 0 aliphatic carbocycles. The van der Waals surface area contributed by atoms with E-state index >= 15 is 0 Å². The summed E-state index contributed by atoms with van der Waals surface area (Å²) in [6, 6.07) is 3.14. The van der Waals surface area contributed by atoms with Crippen LogP contribution in [0.4, 0.5) is 0 Å². The van der Waals surface area contributed by atoms with Gasteiger partial charge in [0.05, 0.1) is 10.0 Å². The molecule has 0 aliphatic rings. The number of carbonyl (C=O) groups is 1. The van der Waals surface area contributed by atoms with E-state index in [1.807, 2.05) is 0 Å². The van der Waals surface area contributed by atoms with Crippen molar-refractivity contribution in [1.82, 2.24) is 15.3 Å². The lowest BCUT2D eigenvalue weighted by Gasteiger charge is -2.17. The number of hydrogen-bond acceptors (Lipinski definition) is 3. The SMILES string of the molecule is CC(NC(=O)c1ncc[nH]1)Oc1ccc(Cl)c(Cl)c1Cl. The van der Waals surface area contributed by atoms with E-state index in [0.717, 1.165) is 0 Å². The van der Waals surface area contributed by atoms with Crippen molar-refractivity contribution in [2.45, 2.75) is 13.2 Å². The number of hydrogen-bond donors (Lipinski definition) is 2. The van der Waals surface area contributed by atoms with Gasteiger partial charge >= 0.3 is 0 Å². The summed E-state index contributed by atoms with van der Waals surface area (Å²) < 4.78 is 5.50. The normalized spacial score (nSPS) is 12.0. The number of nitrogens with zero attached hydrogens (tertiary/aromatic N) is 1. The molecular weight excluding hydrogens is 325 g/mol. The molecule has 2 aromatic rings. The minimum absolute atomic E-state index is 0.193. The van der Waals surface area contributed by atoms with Crippen molar-refractivity contribution in [1.29, 1.82) is 0 Å². The van der Waals surface area contributed by atoms with Gasteiger partial charge in [-0.1, -0.05) is 34.8 Å². The van der Waals surface area contributed by atoms with E-state index < -0.39 is 12.1 Å². The number of benzene rings is 1. The average molecular weight is 335 g/mol. The summed E-state index contributed by atoms with van der Waals surface area (Å²) in [6.45, 7) is 1.65. The van der Waals surface area contributed by atoms with Gasteiger partial charge < -0.3 is 15.0 Å². The molecule has 0 spiro atoms. The number of amides is 1. The van der Waals surface area contributed by atoms with E-state index in [4.69, 9.17) is 39.5 Å². The number of carbonyl (C=O) groups excluding carboxylic acids is 1. The number of halogens is 3. The second kappa shape index (κ2) is 6.35. The summed E-state index contributed by atoms with van der Waals surface area (Å²) in [5.74, 6) is 0.132. The largest absolute Gasteiger partial charge is 0.469 e. The maximum atomic E-state index is 11.7. The van der Waals surface area contributed by atoms with Gasteiger partial charge in [0.1, 0.15) is 10.8 Å². The molecule has 20 heavy (non-hydrogen) atoms. The van der Waals surface area contributed by atoms with Crippen LogP contribution in [0.2, 0.25) is 15.1 Å². The highest BCUT2D eigenvalue weighted by molar-refractivity contribution is 6.48. The van der Waals surface area contributed by atoms with Gasteiger partial charge in [0.2, 0.25) is 0 Å². The van der Waals surface area contributed by atoms with Gasteiger partial charge in [0.15, 0.2) is 12.1 Å². The Bertz CT molecular complexity index is 617. The van der Waals surface area contributed by atoms with Gasteiger partial charge in [-0.2, -0.15) is 0 Å². The zero-order chi connectivity index (χ0) is 14.7.